The second-order valence-corrected chi connectivity index (χ2v) is 11.0. The topological polar surface area (TPSA) is 0 Å². The Morgan fingerprint density at radius 2 is 1.07 bits per heavy atom. The van der Waals surface area contributed by atoms with Crippen molar-refractivity contribution in [3.63, 3.8) is 0 Å². The molecule has 2 atom stereocenters. The van der Waals surface area contributed by atoms with Gasteiger partial charge in [0.1, 0.15) is 9.52 Å². The molecule has 2 aromatic rings. The van der Waals surface area contributed by atoms with Crippen molar-refractivity contribution in [3.05, 3.63) is 81.9 Å². The first-order valence-corrected chi connectivity index (χ1v) is 11.4. The molecule has 28 heavy (non-hydrogen) atoms. The first-order valence-electron chi connectivity index (χ1n) is 9.65. The zero-order valence-electron chi connectivity index (χ0n) is 16.8. The molecule has 0 saturated carbocycles. The van der Waals surface area contributed by atoms with Crippen LogP contribution in [0.1, 0.15) is 62.8 Å². The summed E-state index contributed by atoms with van der Waals surface area (Å²) in [6.07, 6.45) is 1.98. The van der Waals surface area contributed by atoms with Gasteiger partial charge in [-0.15, -0.1) is 23.2 Å². The van der Waals surface area contributed by atoms with E-state index in [2.05, 4.69) is 76.2 Å². The van der Waals surface area contributed by atoms with E-state index in [-0.39, 0.29) is 26.2 Å². The number of benzene rings is 2. The summed E-state index contributed by atoms with van der Waals surface area (Å²) >= 11 is 14.9. The number of halogens is 2. The van der Waals surface area contributed by atoms with Crippen LogP contribution in [0.2, 0.25) is 0 Å². The maximum Gasteiger partial charge on any atom is 0.118 e. The molecule has 0 bridgehead atoms. The van der Waals surface area contributed by atoms with Gasteiger partial charge in [0.25, 0.3) is 0 Å². The van der Waals surface area contributed by atoms with E-state index in [1.165, 1.54) is 44.5 Å². The predicted molar refractivity (Wildman–Crippen MR) is 119 cm³/mol. The molecule has 0 fully saturated rings. The fourth-order valence-corrected chi connectivity index (χ4v) is 8.20. The van der Waals surface area contributed by atoms with E-state index < -0.39 is 8.99 Å². The third-order valence-electron chi connectivity index (χ3n) is 6.24. The Kier molecular flexibility index (Phi) is 6.39. The smallest absolute Gasteiger partial charge is 0.114 e. The molecule has 4 heteroatoms. The molecule has 2 aliphatic rings. The summed E-state index contributed by atoms with van der Waals surface area (Å²) in [4.78, 5) is 0. The van der Waals surface area contributed by atoms with E-state index in [0.717, 1.165) is 12.8 Å². The van der Waals surface area contributed by atoms with Gasteiger partial charge in [-0.25, -0.2) is 0 Å². The van der Waals surface area contributed by atoms with Crippen molar-refractivity contribution in [1.29, 1.82) is 0 Å². The summed E-state index contributed by atoms with van der Waals surface area (Å²) in [6, 6.07) is 17.2. The Bertz CT molecular complexity index is 914. The maximum atomic E-state index is 7.47. The number of hydrogen-bond donors (Lipinski definition) is 0. The van der Waals surface area contributed by atoms with E-state index in [0.29, 0.717) is 9.52 Å². The summed E-state index contributed by atoms with van der Waals surface area (Å²) in [5.74, 6) is 0. The summed E-state index contributed by atoms with van der Waals surface area (Å²) in [5.41, 5.74) is 10.3. The van der Waals surface area contributed by atoms with Gasteiger partial charge in [-0.05, 0) is 71.2 Å². The summed E-state index contributed by atoms with van der Waals surface area (Å²) < 4.78 is -1.08. The van der Waals surface area contributed by atoms with Gasteiger partial charge in [-0.2, -0.15) is 0 Å². The molecule has 0 amide bonds. The monoisotopic (exact) mass is 500 g/mol. The van der Waals surface area contributed by atoms with Crippen LogP contribution in [0.3, 0.4) is 0 Å². The minimum atomic E-state index is -0.540. The summed E-state index contributed by atoms with van der Waals surface area (Å²) in [5, 5.41) is 0. The molecular formula is C24H24Cl2SiZr. The molecule has 0 saturated heterocycles. The SMILES string of the molecule is CCC1=C(C)C(Cl)([Si]C2(Cl)C(C)=C(CC)c3ccccc32)c2ccccc21.[Zr]. The van der Waals surface area contributed by atoms with Gasteiger partial charge < -0.3 is 0 Å². The Hall–Kier alpha value is -0.400. The normalized spacial score (nSPS) is 25.6. The Morgan fingerprint density at radius 1 is 0.714 bits per heavy atom. The Labute approximate surface area is 200 Å². The van der Waals surface area contributed by atoms with Gasteiger partial charge in [0, 0.05) is 26.2 Å². The van der Waals surface area contributed by atoms with Crippen LogP contribution in [0, 0.1) is 0 Å². The van der Waals surface area contributed by atoms with Crippen molar-refractivity contribution >= 4 is 43.9 Å². The van der Waals surface area contributed by atoms with E-state index in [1.807, 2.05) is 0 Å². The van der Waals surface area contributed by atoms with Gasteiger partial charge in [0.2, 0.25) is 0 Å². The van der Waals surface area contributed by atoms with Crippen molar-refractivity contribution in [1.82, 2.24) is 0 Å². The average molecular weight is 503 g/mol. The van der Waals surface area contributed by atoms with Crippen LogP contribution in [-0.4, -0.2) is 9.52 Å². The van der Waals surface area contributed by atoms with Crippen LogP contribution in [0.4, 0.5) is 0 Å². The molecule has 2 radical (unpaired) electrons. The van der Waals surface area contributed by atoms with Crippen LogP contribution in [0.25, 0.3) is 11.1 Å². The molecule has 4 rings (SSSR count). The Balaban J connectivity index is 0.00000225. The molecule has 0 aromatic heterocycles. The zero-order chi connectivity index (χ0) is 19.4. The first kappa shape index (κ1) is 22.3. The zero-order valence-corrected chi connectivity index (χ0v) is 21.8. The maximum absolute atomic E-state index is 7.47. The van der Waals surface area contributed by atoms with Gasteiger partial charge in [0.05, 0.1) is 8.99 Å². The molecule has 0 nitrogen and oxygen atoms in total. The van der Waals surface area contributed by atoms with E-state index >= 15 is 0 Å². The Morgan fingerprint density at radius 3 is 1.43 bits per heavy atom. The number of alkyl halides is 2. The fourth-order valence-electron chi connectivity index (χ4n) is 4.79. The molecule has 0 heterocycles. The van der Waals surface area contributed by atoms with Gasteiger partial charge in [-0.1, -0.05) is 62.4 Å². The quantitative estimate of drug-likeness (QED) is 0.305. The molecule has 0 spiro atoms. The van der Waals surface area contributed by atoms with Crippen molar-refractivity contribution < 1.29 is 26.2 Å². The van der Waals surface area contributed by atoms with E-state index in [9.17, 15) is 0 Å². The molecule has 2 aromatic carbocycles. The molecule has 2 unspecified atom stereocenters. The van der Waals surface area contributed by atoms with Gasteiger partial charge >= 0.3 is 0 Å². The standard InChI is InChI=1S/C24H24Cl2Si.Zr/c1-5-17-15(3)23(25,21-13-9-7-11-19(17)21)27-24(26)16(4)18(6-2)20-12-8-10-14-22(20)24;/h7-14H,5-6H2,1-4H3;. The summed E-state index contributed by atoms with van der Waals surface area (Å²) in [6.45, 7) is 8.81. The second-order valence-electron chi connectivity index (χ2n) is 7.45. The number of allylic oxidation sites excluding steroid dienone is 4. The molecule has 142 valence electrons. The molecule has 0 aliphatic heterocycles. The largest absolute Gasteiger partial charge is 0.118 e. The van der Waals surface area contributed by atoms with Crippen LogP contribution in [0.15, 0.2) is 59.7 Å². The third-order valence-corrected chi connectivity index (χ3v) is 9.76. The molecule has 2 aliphatic carbocycles. The van der Waals surface area contributed by atoms with Crippen LogP contribution in [0.5, 0.6) is 0 Å². The fraction of sp³-hybridized carbons (Fsp3) is 0.333. The van der Waals surface area contributed by atoms with Crippen LogP contribution >= 0.6 is 23.2 Å². The third kappa shape index (κ3) is 3.02. The van der Waals surface area contributed by atoms with Crippen molar-refractivity contribution in [3.8, 4) is 0 Å². The first-order chi connectivity index (χ1) is 12.9. The second kappa shape index (κ2) is 8.03. The van der Waals surface area contributed by atoms with Gasteiger partial charge in [0.15, 0.2) is 0 Å². The number of rotatable bonds is 4. The van der Waals surface area contributed by atoms with Crippen molar-refractivity contribution in [2.45, 2.75) is 49.5 Å². The van der Waals surface area contributed by atoms with Crippen molar-refractivity contribution in [2.24, 2.45) is 0 Å². The molecule has 0 N–H and O–H groups in total. The minimum Gasteiger partial charge on any atom is -0.114 e. The van der Waals surface area contributed by atoms with Gasteiger partial charge in [-0.3, -0.25) is 0 Å². The minimum absolute atomic E-state index is 0. The van der Waals surface area contributed by atoms with E-state index in [1.54, 1.807) is 0 Å². The van der Waals surface area contributed by atoms with Crippen LogP contribution < -0.4 is 0 Å². The number of fused-ring (bicyclic) bond motifs is 2. The van der Waals surface area contributed by atoms with Crippen LogP contribution in [-0.2, 0) is 35.2 Å². The molecular weight excluding hydrogens is 478 g/mol. The van der Waals surface area contributed by atoms with Crippen molar-refractivity contribution in [2.75, 3.05) is 0 Å². The average Bonchev–Trinajstić information content (AvgIpc) is 3.02. The van der Waals surface area contributed by atoms with E-state index in [4.69, 9.17) is 23.2 Å². The number of hydrogen-bond acceptors (Lipinski definition) is 0. The predicted octanol–water partition coefficient (Wildman–Crippen LogP) is 7.27. The summed E-state index contributed by atoms with van der Waals surface area (Å²) in [7, 11) is 0.333.